The predicted molar refractivity (Wildman–Crippen MR) is 107 cm³/mol. The number of nitrogen functional groups attached to an aromatic ring is 2. The third-order valence-corrected chi connectivity index (χ3v) is 5.58. The summed E-state index contributed by atoms with van der Waals surface area (Å²) in [6.45, 7) is 10.5. The van der Waals surface area contributed by atoms with E-state index in [0.29, 0.717) is 0 Å². The van der Waals surface area contributed by atoms with Crippen molar-refractivity contribution in [3.05, 3.63) is 46.0 Å². The van der Waals surface area contributed by atoms with Gasteiger partial charge in [-0.25, -0.2) is 0 Å². The summed E-state index contributed by atoms with van der Waals surface area (Å²) >= 11 is 0. The van der Waals surface area contributed by atoms with Crippen LogP contribution in [0.15, 0.2) is 18.2 Å². The average Bonchev–Trinajstić information content (AvgIpc) is 2.82. The molecule has 4 heteroatoms. The molecule has 1 aliphatic heterocycles. The van der Waals surface area contributed by atoms with Gasteiger partial charge in [0.15, 0.2) is 0 Å². The maximum Gasteiger partial charge on any atom is 0.127 e. The Kier molecular flexibility index (Phi) is 3.90. The van der Waals surface area contributed by atoms with E-state index >= 15 is 0 Å². The summed E-state index contributed by atoms with van der Waals surface area (Å²) < 4.78 is 6.42. The molecule has 0 amide bonds. The van der Waals surface area contributed by atoms with E-state index in [9.17, 15) is 0 Å². The van der Waals surface area contributed by atoms with E-state index in [1.165, 1.54) is 5.56 Å². The SMILES string of the molecule is Cc1c(C)c2c(c(C)c1N)C(c1ccc(N(C)C)c(N)c1)C(C)(C)O2. The topological polar surface area (TPSA) is 64.5 Å². The summed E-state index contributed by atoms with van der Waals surface area (Å²) in [5.74, 6) is 1.08. The van der Waals surface area contributed by atoms with Crippen LogP contribution in [-0.4, -0.2) is 19.7 Å². The van der Waals surface area contributed by atoms with Crippen LogP contribution in [0.25, 0.3) is 0 Å². The van der Waals surface area contributed by atoms with Crippen molar-refractivity contribution in [1.29, 1.82) is 0 Å². The van der Waals surface area contributed by atoms with Crippen LogP contribution in [-0.2, 0) is 0 Å². The highest BCUT2D eigenvalue weighted by molar-refractivity contribution is 5.72. The number of rotatable bonds is 2. The highest BCUT2D eigenvalue weighted by Crippen LogP contribution is 2.53. The van der Waals surface area contributed by atoms with Crippen molar-refractivity contribution in [2.24, 2.45) is 0 Å². The lowest BCUT2D eigenvalue weighted by molar-refractivity contribution is 0.121. The monoisotopic (exact) mass is 339 g/mol. The van der Waals surface area contributed by atoms with Crippen molar-refractivity contribution >= 4 is 17.1 Å². The van der Waals surface area contributed by atoms with Crippen LogP contribution < -0.4 is 21.1 Å². The molecule has 1 unspecified atom stereocenters. The van der Waals surface area contributed by atoms with Crippen LogP contribution in [0.5, 0.6) is 5.75 Å². The van der Waals surface area contributed by atoms with Crippen molar-refractivity contribution in [3.8, 4) is 5.75 Å². The molecular formula is C21H29N3O. The number of hydrogen-bond acceptors (Lipinski definition) is 4. The molecule has 2 aromatic rings. The van der Waals surface area contributed by atoms with Gasteiger partial charge in [0.05, 0.1) is 17.3 Å². The van der Waals surface area contributed by atoms with Crippen molar-refractivity contribution in [1.82, 2.24) is 0 Å². The molecule has 1 aliphatic rings. The van der Waals surface area contributed by atoms with Crippen LogP contribution in [0.3, 0.4) is 0 Å². The third-order valence-electron chi connectivity index (χ3n) is 5.58. The Morgan fingerprint density at radius 3 is 2.20 bits per heavy atom. The molecule has 4 nitrogen and oxygen atoms in total. The predicted octanol–water partition coefficient (Wildman–Crippen LogP) is 4.15. The van der Waals surface area contributed by atoms with E-state index in [1.54, 1.807) is 0 Å². The molecule has 1 heterocycles. The minimum atomic E-state index is -0.357. The second-order valence-corrected chi connectivity index (χ2v) is 7.88. The van der Waals surface area contributed by atoms with Gasteiger partial charge in [-0.3, -0.25) is 0 Å². The fourth-order valence-corrected chi connectivity index (χ4v) is 4.05. The van der Waals surface area contributed by atoms with Gasteiger partial charge in [-0.15, -0.1) is 0 Å². The maximum atomic E-state index is 6.42. The average molecular weight is 339 g/mol. The first kappa shape index (κ1) is 17.5. The van der Waals surface area contributed by atoms with Crippen molar-refractivity contribution < 1.29 is 4.74 Å². The molecule has 0 spiro atoms. The van der Waals surface area contributed by atoms with Crippen LogP contribution in [0.1, 0.15) is 47.6 Å². The van der Waals surface area contributed by atoms with Crippen LogP contribution in [0.2, 0.25) is 0 Å². The molecule has 3 rings (SSSR count). The standard InChI is InChI=1S/C21H29N3O/c1-11-12(2)20-17(13(3)19(11)23)18(21(4,5)25-20)14-8-9-16(24(6)7)15(22)10-14/h8-10,18H,22-23H2,1-7H3. The highest BCUT2D eigenvalue weighted by atomic mass is 16.5. The smallest absolute Gasteiger partial charge is 0.127 e. The Morgan fingerprint density at radius 1 is 1.00 bits per heavy atom. The van der Waals surface area contributed by atoms with Gasteiger partial charge in [-0.1, -0.05) is 6.07 Å². The highest BCUT2D eigenvalue weighted by Gasteiger charge is 2.44. The zero-order valence-electron chi connectivity index (χ0n) is 16.3. The van der Waals surface area contributed by atoms with Gasteiger partial charge in [0, 0.05) is 25.3 Å². The summed E-state index contributed by atoms with van der Waals surface area (Å²) in [5, 5.41) is 0. The lowest BCUT2D eigenvalue weighted by atomic mass is 9.78. The Bertz CT molecular complexity index is 853. The fourth-order valence-electron chi connectivity index (χ4n) is 4.05. The first-order valence-corrected chi connectivity index (χ1v) is 8.71. The number of nitrogens with two attached hydrogens (primary N) is 2. The minimum absolute atomic E-state index is 0.0996. The molecule has 0 saturated carbocycles. The van der Waals surface area contributed by atoms with E-state index in [0.717, 1.165) is 45.1 Å². The molecule has 0 aliphatic carbocycles. The second kappa shape index (κ2) is 5.58. The lowest BCUT2D eigenvalue weighted by Gasteiger charge is -2.28. The zero-order chi connectivity index (χ0) is 18.7. The Hall–Kier alpha value is -2.36. The largest absolute Gasteiger partial charge is 0.486 e. The molecule has 0 bridgehead atoms. The van der Waals surface area contributed by atoms with E-state index in [4.69, 9.17) is 16.2 Å². The maximum absolute atomic E-state index is 6.42. The van der Waals surface area contributed by atoms with Gasteiger partial charge < -0.3 is 21.1 Å². The molecule has 134 valence electrons. The minimum Gasteiger partial charge on any atom is -0.486 e. The zero-order valence-corrected chi connectivity index (χ0v) is 16.3. The summed E-state index contributed by atoms with van der Waals surface area (Å²) in [4.78, 5) is 2.03. The van der Waals surface area contributed by atoms with Crippen molar-refractivity contribution in [2.45, 2.75) is 46.1 Å². The van der Waals surface area contributed by atoms with Crippen molar-refractivity contribution in [2.75, 3.05) is 30.5 Å². The Balaban J connectivity index is 2.24. The van der Waals surface area contributed by atoms with Gasteiger partial charge in [0.1, 0.15) is 11.4 Å². The van der Waals surface area contributed by atoms with Crippen LogP contribution in [0.4, 0.5) is 17.1 Å². The van der Waals surface area contributed by atoms with E-state index < -0.39 is 0 Å². The Morgan fingerprint density at radius 2 is 1.64 bits per heavy atom. The van der Waals surface area contributed by atoms with Gasteiger partial charge in [-0.05, 0) is 69.0 Å². The van der Waals surface area contributed by atoms with Gasteiger partial charge in [-0.2, -0.15) is 0 Å². The number of anilines is 3. The van der Waals surface area contributed by atoms with E-state index in [1.807, 2.05) is 19.0 Å². The molecule has 0 aromatic heterocycles. The number of ether oxygens (including phenoxy) is 1. The van der Waals surface area contributed by atoms with Gasteiger partial charge in [0.2, 0.25) is 0 Å². The van der Waals surface area contributed by atoms with Gasteiger partial charge >= 0.3 is 0 Å². The first-order valence-electron chi connectivity index (χ1n) is 8.71. The molecule has 0 radical (unpaired) electrons. The summed E-state index contributed by atoms with van der Waals surface area (Å²) in [5.41, 5.74) is 20.7. The second-order valence-electron chi connectivity index (χ2n) is 7.88. The molecular weight excluding hydrogens is 310 g/mol. The van der Waals surface area contributed by atoms with Crippen LogP contribution >= 0.6 is 0 Å². The molecule has 1 atom stereocenters. The molecule has 0 saturated heterocycles. The number of nitrogens with zero attached hydrogens (tertiary/aromatic N) is 1. The quantitative estimate of drug-likeness (QED) is 0.807. The summed E-state index contributed by atoms with van der Waals surface area (Å²) in [6, 6.07) is 6.31. The lowest BCUT2D eigenvalue weighted by Crippen LogP contribution is -2.31. The van der Waals surface area contributed by atoms with Gasteiger partial charge in [0.25, 0.3) is 0 Å². The van der Waals surface area contributed by atoms with Crippen molar-refractivity contribution in [3.63, 3.8) is 0 Å². The van der Waals surface area contributed by atoms with E-state index in [2.05, 4.69) is 52.8 Å². The number of hydrogen-bond donors (Lipinski definition) is 2. The summed E-state index contributed by atoms with van der Waals surface area (Å²) in [6.07, 6.45) is 0. The molecule has 4 N–H and O–H groups in total. The van der Waals surface area contributed by atoms with E-state index in [-0.39, 0.29) is 11.5 Å². The molecule has 25 heavy (non-hydrogen) atoms. The summed E-state index contributed by atoms with van der Waals surface area (Å²) in [7, 11) is 4.00. The van der Waals surface area contributed by atoms with Crippen LogP contribution in [0, 0.1) is 20.8 Å². The fraction of sp³-hybridized carbons (Fsp3) is 0.429. The first-order chi connectivity index (χ1) is 11.6. The Labute approximate surface area is 150 Å². The number of fused-ring (bicyclic) bond motifs is 1. The normalized spacial score (nSPS) is 18.0. The molecule has 2 aromatic carbocycles. The number of benzene rings is 2. The third kappa shape index (κ3) is 2.51. The molecule has 0 fully saturated rings.